The SMILES string of the molecule is Cc1ccc(C(=O)NCC(=O)OCC(=O)N2C[C@H](C)O[C@@H](C)C2)cc1C. The van der Waals surface area contributed by atoms with Crippen molar-refractivity contribution in [2.75, 3.05) is 26.2 Å². The number of benzene rings is 1. The standard InChI is InChI=1S/C19H26N2O5/c1-12-5-6-16(7-13(12)2)19(24)20-8-18(23)25-11-17(22)21-9-14(3)26-15(4)10-21/h5-7,14-15H,8-11H2,1-4H3,(H,20,24)/t14-,15-/m0/s1. The molecule has 0 radical (unpaired) electrons. The van der Waals surface area contributed by atoms with Crippen LogP contribution in [-0.2, 0) is 19.1 Å². The van der Waals surface area contributed by atoms with E-state index in [-0.39, 0.29) is 37.2 Å². The molecule has 2 amide bonds. The average Bonchev–Trinajstić information content (AvgIpc) is 2.59. The van der Waals surface area contributed by atoms with Gasteiger partial charge in [0.1, 0.15) is 6.54 Å². The molecule has 7 heteroatoms. The number of nitrogens with one attached hydrogen (secondary N) is 1. The number of aryl methyl sites for hydroxylation is 2. The first kappa shape index (κ1) is 19.9. The number of ether oxygens (including phenoxy) is 2. The first-order valence-electron chi connectivity index (χ1n) is 8.70. The van der Waals surface area contributed by atoms with Crippen LogP contribution in [0.1, 0.15) is 35.3 Å². The lowest BCUT2D eigenvalue weighted by atomic mass is 10.1. The van der Waals surface area contributed by atoms with Crippen LogP contribution in [0.3, 0.4) is 0 Å². The molecule has 2 rings (SSSR count). The van der Waals surface area contributed by atoms with Crippen molar-refractivity contribution in [2.45, 2.75) is 39.9 Å². The molecular formula is C19H26N2O5. The van der Waals surface area contributed by atoms with Crippen LogP contribution in [0.4, 0.5) is 0 Å². The van der Waals surface area contributed by atoms with Crippen molar-refractivity contribution < 1.29 is 23.9 Å². The van der Waals surface area contributed by atoms with Crippen LogP contribution in [0, 0.1) is 13.8 Å². The van der Waals surface area contributed by atoms with E-state index in [1.807, 2.05) is 33.8 Å². The molecule has 0 unspecified atom stereocenters. The summed E-state index contributed by atoms with van der Waals surface area (Å²) in [6.07, 6.45) is -0.0914. The molecule has 142 valence electrons. The number of hydrogen-bond acceptors (Lipinski definition) is 5. The number of nitrogens with zero attached hydrogens (tertiary/aromatic N) is 1. The summed E-state index contributed by atoms with van der Waals surface area (Å²) < 4.78 is 10.5. The number of rotatable bonds is 5. The highest BCUT2D eigenvalue weighted by atomic mass is 16.5. The molecule has 0 aromatic heterocycles. The maximum absolute atomic E-state index is 12.1. The molecule has 26 heavy (non-hydrogen) atoms. The Bertz CT molecular complexity index is 679. The van der Waals surface area contributed by atoms with Crippen LogP contribution in [0.5, 0.6) is 0 Å². The molecule has 1 fully saturated rings. The quantitative estimate of drug-likeness (QED) is 0.796. The number of amides is 2. The van der Waals surface area contributed by atoms with Gasteiger partial charge < -0.3 is 19.7 Å². The first-order chi connectivity index (χ1) is 12.3. The minimum atomic E-state index is -0.648. The third-order valence-electron chi connectivity index (χ3n) is 4.29. The Labute approximate surface area is 153 Å². The van der Waals surface area contributed by atoms with Crippen LogP contribution < -0.4 is 5.32 Å². The van der Waals surface area contributed by atoms with Gasteiger partial charge in [0.05, 0.1) is 12.2 Å². The number of carbonyl (C=O) groups excluding carboxylic acids is 3. The maximum atomic E-state index is 12.1. The van der Waals surface area contributed by atoms with E-state index in [0.717, 1.165) is 11.1 Å². The van der Waals surface area contributed by atoms with Gasteiger partial charge in [-0.25, -0.2) is 0 Å². The van der Waals surface area contributed by atoms with Gasteiger partial charge in [-0.3, -0.25) is 14.4 Å². The van der Waals surface area contributed by atoms with Gasteiger partial charge in [0.2, 0.25) is 0 Å². The molecule has 7 nitrogen and oxygen atoms in total. The highest BCUT2D eigenvalue weighted by Crippen LogP contribution is 2.11. The molecule has 1 N–H and O–H groups in total. The van der Waals surface area contributed by atoms with E-state index in [1.54, 1.807) is 17.0 Å². The summed E-state index contributed by atoms with van der Waals surface area (Å²) in [5.41, 5.74) is 2.57. The molecule has 1 saturated heterocycles. The van der Waals surface area contributed by atoms with E-state index in [0.29, 0.717) is 18.7 Å². The fourth-order valence-electron chi connectivity index (χ4n) is 2.80. The lowest BCUT2D eigenvalue weighted by Crippen LogP contribution is -2.49. The van der Waals surface area contributed by atoms with Crippen LogP contribution in [-0.4, -0.2) is 61.1 Å². The molecule has 1 aliphatic rings. The minimum Gasteiger partial charge on any atom is -0.454 e. The smallest absolute Gasteiger partial charge is 0.325 e. The second-order valence-corrected chi connectivity index (χ2v) is 6.70. The topological polar surface area (TPSA) is 84.9 Å². The molecule has 2 atom stereocenters. The van der Waals surface area contributed by atoms with E-state index >= 15 is 0 Å². The van der Waals surface area contributed by atoms with Crippen molar-refractivity contribution >= 4 is 17.8 Å². The number of esters is 1. The van der Waals surface area contributed by atoms with Crippen molar-refractivity contribution in [1.82, 2.24) is 10.2 Å². The van der Waals surface area contributed by atoms with Gasteiger partial charge in [-0.1, -0.05) is 6.07 Å². The number of carbonyl (C=O) groups is 3. The Kier molecular flexibility index (Phi) is 6.74. The van der Waals surface area contributed by atoms with Gasteiger partial charge in [-0.05, 0) is 51.0 Å². The number of hydrogen-bond donors (Lipinski definition) is 1. The van der Waals surface area contributed by atoms with Gasteiger partial charge in [0.15, 0.2) is 6.61 Å². The van der Waals surface area contributed by atoms with Crippen LogP contribution >= 0.6 is 0 Å². The average molecular weight is 362 g/mol. The van der Waals surface area contributed by atoms with Crippen LogP contribution in [0.2, 0.25) is 0 Å². The summed E-state index contributed by atoms with van der Waals surface area (Å²) in [4.78, 5) is 37.6. The van der Waals surface area contributed by atoms with E-state index in [2.05, 4.69) is 5.32 Å². The second-order valence-electron chi connectivity index (χ2n) is 6.70. The second kappa shape index (κ2) is 8.80. The minimum absolute atomic E-state index is 0.0457. The van der Waals surface area contributed by atoms with Crippen molar-refractivity contribution in [2.24, 2.45) is 0 Å². The van der Waals surface area contributed by atoms with Gasteiger partial charge >= 0.3 is 5.97 Å². The molecule has 1 heterocycles. The third kappa shape index (κ3) is 5.56. The van der Waals surface area contributed by atoms with Crippen molar-refractivity contribution in [1.29, 1.82) is 0 Å². The Hall–Kier alpha value is -2.41. The normalized spacial score (nSPS) is 19.8. The van der Waals surface area contributed by atoms with Crippen molar-refractivity contribution in [3.05, 3.63) is 34.9 Å². The Morgan fingerprint density at radius 3 is 2.42 bits per heavy atom. The summed E-state index contributed by atoms with van der Waals surface area (Å²) in [7, 11) is 0. The molecule has 1 aromatic rings. The zero-order valence-corrected chi connectivity index (χ0v) is 15.7. The monoisotopic (exact) mass is 362 g/mol. The highest BCUT2D eigenvalue weighted by Gasteiger charge is 2.26. The van der Waals surface area contributed by atoms with Crippen molar-refractivity contribution in [3.8, 4) is 0 Å². The van der Waals surface area contributed by atoms with Crippen LogP contribution in [0.15, 0.2) is 18.2 Å². The molecule has 0 saturated carbocycles. The number of morpholine rings is 1. The van der Waals surface area contributed by atoms with Crippen molar-refractivity contribution in [3.63, 3.8) is 0 Å². The molecule has 0 bridgehead atoms. The van der Waals surface area contributed by atoms with Gasteiger partial charge in [-0.2, -0.15) is 0 Å². The van der Waals surface area contributed by atoms with Gasteiger partial charge in [0, 0.05) is 18.7 Å². The third-order valence-corrected chi connectivity index (χ3v) is 4.29. The largest absolute Gasteiger partial charge is 0.454 e. The zero-order chi connectivity index (χ0) is 19.3. The van der Waals surface area contributed by atoms with E-state index in [1.165, 1.54) is 0 Å². The van der Waals surface area contributed by atoms with E-state index in [4.69, 9.17) is 9.47 Å². The summed E-state index contributed by atoms with van der Waals surface area (Å²) in [5.74, 6) is -1.27. The molecule has 0 aliphatic carbocycles. The molecule has 0 spiro atoms. The summed E-state index contributed by atoms with van der Waals surface area (Å²) in [6, 6.07) is 5.32. The molecule has 1 aliphatic heterocycles. The predicted octanol–water partition coefficient (Wildman–Crippen LogP) is 1.21. The summed E-state index contributed by atoms with van der Waals surface area (Å²) in [5, 5.41) is 2.50. The Morgan fingerprint density at radius 1 is 1.15 bits per heavy atom. The van der Waals surface area contributed by atoms with Gasteiger partial charge in [-0.15, -0.1) is 0 Å². The zero-order valence-electron chi connectivity index (χ0n) is 15.7. The predicted molar refractivity (Wildman–Crippen MR) is 95.8 cm³/mol. The molecule has 1 aromatic carbocycles. The summed E-state index contributed by atoms with van der Waals surface area (Å²) in [6.45, 7) is 8.00. The lowest BCUT2D eigenvalue weighted by molar-refractivity contribution is -0.156. The lowest BCUT2D eigenvalue weighted by Gasteiger charge is -2.35. The van der Waals surface area contributed by atoms with Gasteiger partial charge in [0.25, 0.3) is 11.8 Å². The first-order valence-corrected chi connectivity index (χ1v) is 8.70. The summed E-state index contributed by atoms with van der Waals surface area (Å²) >= 11 is 0. The Balaban J connectivity index is 1.75. The Morgan fingerprint density at radius 2 is 1.81 bits per heavy atom. The fraction of sp³-hybridized carbons (Fsp3) is 0.526. The van der Waals surface area contributed by atoms with E-state index in [9.17, 15) is 14.4 Å². The maximum Gasteiger partial charge on any atom is 0.325 e. The fourth-order valence-corrected chi connectivity index (χ4v) is 2.80. The van der Waals surface area contributed by atoms with Crippen LogP contribution in [0.25, 0.3) is 0 Å². The molecular weight excluding hydrogens is 336 g/mol. The van der Waals surface area contributed by atoms with E-state index < -0.39 is 5.97 Å². The highest BCUT2D eigenvalue weighted by molar-refractivity contribution is 5.96.